The van der Waals surface area contributed by atoms with E-state index in [1.165, 1.54) is 64.2 Å². The van der Waals surface area contributed by atoms with E-state index in [4.69, 9.17) is 19.2 Å². The maximum absolute atomic E-state index is 11.9. The van der Waals surface area contributed by atoms with E-state index < -0.39 is 7.82 Å². The normalized spacial score (nSPS) is 11.7. The number of phosphoric acid groups is 1. The van der Waals surface area contributed by atoms with Crippen LogP contribution in [0.5, 0.6) is 0 Å². The number of rotatable bonds is 15. The molecule has 0 rings (SSSR count). The molecule has 0 aromatic heterocycles. The number of amides is 1. The largest absolute Gasteiger partial charge is 0.466 e. The summed E-state index contributed by atoms with van der Waals surface area (Å²) in [5, 5.41) is 0. The number of hydrogen-bond donors (Lipinski definition) is 4. The molecule has 4 N–H and O–H groups in total. The van der Waals surface area contributed by atoms with Crippen LogP contribution in [-0.2, 0) is 9.36 Å². The number of carbonyl (C=O) groups is 1. The number of quaternary nitrogens is 1. The molecule has 0 unspecified atom stereocenters. The maximum atomic E-state index is 11.9. The summed E-state index contributed by atoms with van der Waals surface area (Å²) in [4.78, 5) is 33.4. The smallest absolute Gasteiger partial charge is 0.303 e. The molecule has 0 aromatic rings. The molecule has 164 valence electrons. The zero-order valence-corrected chi connectivity index (χ0v) is 18.8. The van der Waals surface area contributed by atoms with E-state index in [-0.39, 0.29) is 5.91 Å². The van der Waals surface area contributed by atoms with E-state index in [0.29, 0.717) is 11.0 Å². The van der Waals surface area contributed by atoms with E-state index in [2.05, 4.69) is 33.4 Å². The number of carbonyl (C=O) groups excluding carboxylic acids is 1. The molecule has 8 heteroatoms. The van der Waals surface area contributed by atoms with Gasteiger partial charge in [0.05, 0.1) is 14.1 Å². The molecule has 0 heterocycles. The Balaban J connectivity index is 0. The lowest BCUT2D eigenvalue weighted by atomic mass is 10.1. The number of unbranched alkanes of at least 4 members (excludes halogenated alkanes) is 10. The monoisotopic (exact) mass is 411 g/mol. The predicted octanol–water partition coefficient (Wildman–Crippen LogP) is 4.28. The van der Waals surface area contributed by atoms with Gasteiger partial charge in [-0.15, -0.1) is 0 Å². The highest BCUT2D eigenvalue weighted by atomic mass is 31.2. The molecule has 7 nitrogen and oxygen atoms in total. The zero-order valence-electron chi connectivity index (χ0n) is 18.0. The Labute approximate surface area is 166 Å². The summed E-state index contributed by atoms with van der Waals surface area (Å²) in [5.74, 6) is 0.203. The Bertz CT molecular complexity index is 391. The standard InChI is InChI=1S/C19H40N2O.H3O4P/c1-5-7-8-9-10-11-12-13-14-15-16-17-19(22)20-21(3,4)18-6-2;1-5(2,3)4/h5-18H2,1-4H3;(H3,1,2,3,4)/p+1. The van der Waals surface area contributed by atoms with Crippen LogP contribution >= 0.6 is 7.82 Å². The number of nitrogens with zero attached hydrogens (tertiary/aromatic N) is 1. The van der Waals surface area contributed by atoms with Crippen LogP contribution in [0.1, 0.15) is 97.3 Å². The van der Waals surface area contributed by atoms with E-state index in [1.807, 2.05) is 0 Å². The second-order valence-corrected chi connectivity index (χ2v) is 8.77. The van der Waals surface area contributed by atoms with Crippen LogP contribution < -0.4 is 5.43 Å². The van der Waals surface area contributed by atoms with Gasteiger partial charge in [0.2, 0.25) is 0 Å². The summed E-state index contributed by atoms with van der Waals surface area (Å²) in [6.45, 7) is 5.41. The molecular formula is C19H44N2O5P+. The molecule has 0 aliphatic heterocycles. The van der Waals surface area contributed by atoms with Gasteiger partial charge in [-0.1, -0.05) is 78.1 Å². The lowest BCUT2D eigenvalue weighted by Gasteiger charge is -2.28. The Morgan fingerprint density at radius 2 is 1.15 bits per heavy atom. The second-order valence-electron chi connectivity index (χ2n) is 7.74. The van der Waals surface area contributed by atoms with Gasteiger partial charge in [-0.05, 0) is 12.8 Å². The van der Waals surface area contributed by atoms with Crippen molar-refractivity contribution in [1.82, 2.24) is 5.43 Å². The summed E-state index contributed by atoms with van der Waals surface area (Å²) >= 11 is 0. The van der Waals surface area contributed by atoms with Gasteiger partial charge in [-0.2, -0.15) is 0 Å². The fraction of sp³-hybridized carbons (Fsp3) is 0.947. The van der Waals surface area contributed by atoms with Gasteiger partial charge in [-0.3, -0.25) is 4.79 Å². The Morgan fingerprint density at radius 1 is 0.778 bits per heavy atom. The van der Waals surface area contributed by atoms with Crippen molar-refractivity contribution < 1.29 is 28.6 Å². The first-order valence-corrected chi connectivity index (χ1v) is 12.0. The first-order chi connectivity index (χ1) is 12.5. The van der Waals surface area contributed by atoms with Crippen molar-refractivity contribution in [1.29, 1.82) is 0 Å². The second kappa shape index (κ2) is 17.6. The fourth-order valence-electron chi connectivity index (χ4n) is 2.96. The van der Waals surface area contributed by atoms with E-state index >= 15 is 0 Å². The molecule has 0 aromatic carbocycles. The third kappa shape index (κ3) is 30.5. The molecular weight excluding hydrogens is 367 g/mol. The van der Waals surface area contributed by atoms with Crippen molar-refractivity contribution in [2.75, 3.05) is 20.6 Å². The Morgan fingerprint density at radius 3 is 1.52 bits per heavy atom. The van der Waals surface area contributed by atoms with Gasteiger partial charge in [0, 0.05) is 6.42 Å². The van der Waals surface area contributed by atoms with Gasteiger partial charge in [0.1, 0.15) is 6.54 Å². The number of hydrogen-bond acceptors (Lipinski definition) is 2. The average Bonchev–Trinajstić information content (AvgIpc) is 2.50. The van der Waals surface area contributed by atoms with Gasteiger partial charge in [0.15, 0.2) is 0 Å². The van der Waals surface area contributed by atoms with Crippen molar-refractivity contribution in [2.24, 2.45) is 0 Å². The summed E-state index contributed by atoms with van der Waals surface area (Å²) in [6.07, 6.45) is 16.4. The fourth-order valence-corrected chi connectivity index (χ4v) is 2.96. The lowest BCUT2D eigenvalue weighted by molar-refractivity contribution is -0.925. The Hall–Kier alpha value is -0.460. The zero-order chi connectivity index (χ0) is 21.2. The average molecular weight is 412 g/mol. The van der Waals surface area contributed by atoms with Crippen molar-refractivity contribution in [3.8, 4) is 0 Å². The van der Waals surface area contributed by atoms with Crippen LogP contribution in [0.4, 0.5) is 0 Å². The SMILES string of the molecule is CCCCCCCCCCCCCC(=O)N[N+](C)(C)CCC.O=P(O)(O)O. The van der Waals surface area contributed by atoms with Crippen LogP contribution in [0.15, 0.2) is 0 Å². The third-order valence-corrected chi connectivity index (χ3v) is 4.22. The summed E-state index contributed by atoms with van der Waals surface area (Å²) < 4.78 is 9.49. The first-order valence-electron chi connectivity index (χ1n) is 10.4. The quantitative estimate of drug-likeness (QED) is 0.139. The minimum atomic E-state index is -4.64. The molecule has 0 radical (unpaired) electrons. The summed E-state index contributed by atoms with van der Waals surface area (Å²) in [5.41, 5.74) is 3.09. The van der Waals surface area contributed by atoms with Crippen LogP contribution in [0.2, 0.25) is 0 Å². The molecule has 0 bridgehead atoms. The highest BCUT2D eigenvalue weighted by Crippen LogP contribution is 2.25. The summed E-state index contributed by atoms with van der Waals surface area (Å²) in [6, 6.07) is 0. The predicted molar refractivity (Wildman–Crippen MR) is 111 cm³/mol. The van der Waals surface area contributed by atoms with Gasteiger partial charge in [-0.25, -0.2) is 14.6 Å². The third-order valence-electron chi connectivity index (χ3n) is 4.22. The number of nitrogens with one attached hydrogen (secondary N) is 1. The van der Waals surface area contributed by atoms with Gasteiger partial charge >= 0.3 is 7.82 Å². The van der Waals surface area contributed by atoms with Crippen molar-refractivity contribution in [2.45, 2.75) is 97.3 Å². The summed E-state index contributed by atoms with van der Waals surface area (Å²) in [7, 11) is -0.524. The molecule has 1 amide bonds. The Kier molecular flexibility index (Phi) is 18.8. The first kappa shape index (κ1) is 28.7. The molecule has 0 saturated heterocycles. The van der Waals surface area contributed by atoms with Gasteiger partial charge in [0.25, 0.3) is 5.91 Å². The van der Waals surface area contributed by atoms with E-state index in [1.54, 1.807) is 0 Å². The highest BCUT2D eigenvalue weighted by Gasteiger charge is 2.16. The minimum absolute atomic E-state index is 0.203. The molecule has 27 heavy (non-hydrogen) atoms. The minimum Gasteiger partial charge on any atom is -0.303 e. The topological polar surface area (TPSA) is 107 Å². The van der Waals surface area contributed by atoms with Crippen molar-refractivity contribution in [3.05, 3.63) is 0 Å². The lowest BCUT2D eigenvalue weighted by Crippen LogP contribution is -2.54. The van der Waals surface area contributed by atoms with Crippen LogP contribution in [0.3, 0.4) is 0 Å². The van der Waals surface area contributed by atoms with Crippen molar-refractivity contribution >= 4 is 13.7 Å². The van der Waals surface area contributed by atoms with Crippen LogP contribution in [0.25, 0.3) is 0 Å². The molecule has 0 spiro atoms. The highest BCUT2D eigenvalue weighted by molar-refractivity contribution is 7.45. The maximum Gasteiger partial charge on any atom is 0.466 e. The molecule has 0 fully saturated rings. The molecule has 0 aliphatic rings. The van der Waals surface area contributed by atoms with E-state index in [9.17, 15) is 4.79 Å². The molecule has 0 saturated carbocycles. The molecule has 0 atom stereocenters. The van der Waals surface area contributed by atoms with Crippen LogP contribution in [0, 0.1) is 0 Å². The van der Waals surface area contributed by atoms with E-state index in [0.717, 1.165) is 19.4 Å². The van der Waals surface area contributed by atoms with Crippen LogP contribution in [-0.4, -0.2) is 45.8 Å². The molecule has 0 aliphatic carbocycles. The van der Waals surface area contributed by atoms with Crippen molar-refractivity contribution in [3.63, 3.8) is 0 Å². The van der Waals surface area contributed by atoms with Gasteiger partial charge < -0.3 is 14.7 Å².